The standard InChI is InChI=1S/C34H61INO6Si2.3C4H9.Sn/c1-14-27(37)17-15-24(2)16-18-28(42-23-41-19-20-43(9,10)11)22-29(38)26(4)31(39)34(8)30(21-25(3)35)36(32(34)40)44(12,13)33(5,6)7;3*1-3-4-2;/h1,14-16,18,21,26-31,37-39H,17,19-20,22-23H2,2-13H3;3*1,3-4H2,2H3;/b14-1?,18-16+,24-15+,25-21+;;;;/t26-,27-,28-,29-,30-,31+,34+;;;;/m1..../s1. The molecule has 0 bridgehead atoms. The molecule has 0 radical (unpaired) electrons. The summed E-state index contributed by atoms with van der Waals surface area (Å²) in [5, 5.41) is 34.7. The molecule has 0 aromatic rings. The molecule has 1 aliphatic rings. The number of amides is 1. The van der Waals surface area contributed by atoms with E-state index in [2.05, 4.69) is 124 Å². The van der Waals surface area contributed by atoms with Crippen molar-refractivity contribution in [2.45, 2.75) is 208 Å². The predicted octanol–water partition coefficient (Wildman–Crippen LogP) is 12.2. The summed E-state index contributed by atoms with van der Waals surface area (Å²) in [4.78, 5) is 14.1. The number of ether oxygens (including phenoxy) is 2. The molecule has 0 aliphatic carbocycles. The summed E-state index contributed by atoms with van der Waals surface area (Å²) in [6, 6.07) is 0.786. The van der Waals surface area contributed by atoms with Crippen molar-refractivity contribution >= 4 is 63.2 Å². The number of rotatable bonds is 28. The van der Waals surface area contributed by atoms with E-state index in [-0.39, 0.29) is 30.2 Å². The third-order valence-corrected chi connectivity index (χ3v) is 34.5. The molecule has 1 heterocycles. The Morgan fingerprint density at radius 1 is 0.965 bits per heavy atom. The van der Waals surface area contributed by atoms with Crippen molar-refractivity contribution in [1.29, 1.82) is 0 Å². The summed E-state index contributed by atoms with van der Waals surface area (Å²) in [7, 11) is -3.50. The van der Waals surface area contributed by atoms with Gasteiger partial charge in [0.15, 0.2) is 8.24 Å². The van der Waals surface area contributed by atoms with Crippen LogP contribution in [-0.2, 0) is 14.3 Å². The second-order valence-corrected chi connectivity index (χ2v) is 45.7. The van der Waals surface area contributed by atoms with Crippen molar-refractivity contribution < 1.29 is 29.6 Å². The Morgan fingerprint density at radius 2 is 1.51 bits per heavy atom. The Morgan fingerprint density at radius 3 is 1.98 bits per heavy atom. The molecule has 1 saturated heterocycles. The monoisotopic (exact) mass is 1050 g/mol. The van der Waals surface area contributed by atoms with Crippen molar-refractivity contribution in [2.24, 2.45) is 11.3 Å². The van der Waals surface area contributed by atoms with E-state index in [0.717, 1.165) is 15.2 Å². The molecule has 3 N–H and O–H groups in total. The van der Waals surface area contributed by atoms with Crippen molar-refractivity contribution in [1.82, 2.24) is 4.57 Å². The quantitative estimate of drug-likeness (QED) is 0.0180. The maximum atomic E-state index is 14.1. The summed E-state index contributed by atoms with van der Waals surface area (Å²) in [6.07, 6.45) is 15.7. The maximum absolute atomic E-state index is 14.1. The molecule has 57 heavy (non-hydrogen) atoms. The van der Waals surface area contributed by atoms with Crippen LogP contribution in [0.2, 0.25) is 57.1 Å². The van der Waals surface area contributed by atoms with E-state index in [0.29, 0.717) is 13.0 Å². The van der Waals surface area contributed by atoms with Gasteiger partial charge in [0.2, 0.25) is 5.91 Å². The fourth-order valence-electron chi connectivity index (χ4n) is 7.67. The van der Waals surface area contributed by atoms with E-state index in [1.54, 1.807) is 0 Å². The van der Waals surface area contributed by atoms with E-state index in [9.17, 15) is 20.1 Å². The molecule has 0 unspecified atom stereocenters. The normalized spacial score (nSPS) is 22.0. The second kappa shape index (κ2) is 25.3. The topological polar surface area (TPSA) is 99.5 Å². The molecule has 0 aromatic heterocycles. The van der Waals surface area contributed by atoms with Gasteiger partial charge in [0.1, 0.15) is 0 Å². The van der Waals surface area contributed by atoms with Gasteiger partial charge in [-0.1, -0.05) is 66.5 Å². The Labute approximate surface area is 371 Å². The number of aliphatic hydroxyl groups is 3. The van der Waals surface area contributed by atoms with Crippen molar-refractivity contribution in [3.05, 3.63) is 43.6 Å². The van der Waals surface area contributed by atoms with Crippen LogP contribution in [0, 0.1) is 11.3 Å². The molecule has 0 spiro atoms. The molecule has 7 atom stereocenters. The Hall–Kier alpha value is 0.192. The van der Waals surface area contributed by atoms with Crippen LogP contribution >= 0.6 is 22.6 Å². The number of unbranched alkanes of at least 4 members (excludes halogenated alkanes) is 3. The van der Waals surface area contributed by atoms with Crippen molar-refractivity contribution in [3.8, 4) is 0 Å². The van der Waals surface area contributed by atoms with Gasteiger partial charge in [-0.15, -0.1) is 0 Å². The molecular formula is C46H88INO6Si2Sn. The number of halogens is 1. The number of nitrogens with zero attached hydrogens (tertiary/aromatic N) is 1. The predicted molar refractivity (Wildman–Crippen MR) is 261 cm³/mol. The second-order valence-electron chi connectivity index (χ2n) is 20.3. The van der Waals surface area contributed by atoms with Crippen molar-refractivity contribution in [2.75, 3.05) is 13.4 Å². The average molecular weight is 1050 g/mol. The van der Waals surface area contributed by atoms with Crippen LogP contribution in [0.15, 0.2) is 43.6 Å². The van der Waals surface area contributed by atoms with Gasteiger partial charge < -0.3 is 9.67 Å². The number of allylic oxidation sites excluding steroid dienone is 3. The molecule has 0 saturated carbocycles. The van der Waals surface area contributed by atoms with Crippen LogP contribution < -0.4 is 0 Å². The molecule has 1 amide bonds. The zero-order valence-corrected chi connectivity index (χ0v) is 46.2. The molecule has 1 aliphatic heterocycles. The van der Waals surface area contributed by atoms with E-state index < -0.39 is 70.4 Å². The fourth-order valence-corrected chi connectivity index (χ4v) is 25.7. The fraction of sp³-hybridized carbons (Fsp3) is 0.804. The first-order chi connectivity index (χ1) is 26.3. The zero-order chi connectivity index (χ0) is 43.8. The minimum absolute atomic E-state index is 0.0297. The molecule has 1 fully saturated rings. The number of aliphatic hydroxyl groups excluding tert-OH is 3. The molecular weight excluding hydrogens is 964 g/mol. The van der Waals surface area contributed by atoms with Crippen LogP contribution in [0.5, 0.6) is 0 Å². The molecule has 0 aromatic carbocycles. The third-order valence-electron chi connectivity index (χ3n) is 13.0. The Bertz CT molecular complexity index is 1300. The molecule has 1 rings (SSSR count). The van der Waals surface area contributed by atoms with Crippen LogP contribution in [0.25, 0.3) is 0 Å². The third kappa shape index (κ3) is 17.5. The van der Waals surface area contributed by atoms with Gasteiger partial charge >= 0.3 is 195 Å². The first-order valence-corrected chi connectivity index (χ1v) is 37.7. The molecule has 332 valence electrons. The molecule has 7 nitrogen and oxygen atoms in total. The summed E-state index contributed by atoms with van der Waals surface area (Å²) in [6.45, 7) is 33.4. The molecule has 11 heteroatoms. The van der Waals surface area contributed by atoms with Crippen LogP contribution in [-0.4, -0.2) is 104 Å². The number of carbonyl (C=O) groups is 1. The first-order valence-electron chi connectivity index (χ1n) is 22.3. The van der Waals surface area contributed by atoms with Crippen LogP contribution in [0.1, 0.15) is 121 Å². The van der Waals surface area contributed by atoms with Crippen LogP contribution in [0.3, 0.4) is 0 Å². The summed E-state index contributed by atoms with van der Waals surface area (Å²) >= 11 is -0.186. The van der Waals surface area contributed by atoms with Gasteiger partial charge in [0.25, 0.3) is 0 Å². The van der Waals surface area contributed by atoms with E-state index in [1.807, 2.05) is 39.8 Å². The summed E-state index contributed by atoms with van der Waals surface area (Å²) in [5.74, 6) is -0.612. The first kappa shape index (κ1) is 55.2. The Balaban J connectivity index is 3.25. The van der Waals surface area contributed by atoms with E-state index in [4.69, 9.17) is 9.47 Å². The minimum atomic E-state index is -2.47. The average Bonchev–Trinajstić information content (AvgIpc) is 3.12. The number of β-lactam (4-membered cyclic amide) rings is 1. The van der Waals surface area contributed by atoms with E-state index >= 15 is 0 Å². The SMILES string of the molecule is CCC[CH2][Sn](/[CH]=C/[C@@H](O)C/C=C(C)/C=C/[C@H](C[C@@H](O)[C@@H](C)[C@H](O)[C@@]1(C)C(=O)N([Si](C)(C)C(C)(C)C)[C@@H]1/C=C(\C)I)OCOCC[Si](C)(C)C)([CH2]CCC)[CH2]CCC. The van der Waals surface area contributed by atoms with E-state index in [1.165, 1.54) is 51.8 Å². The summed E-state index contributed by atoms with van der Waals surface area (Å²) in [5.41, 5.74) is -0.0350. The van der Waals surface area contributed by atoms with Gasteiger partial charge in [-0.25, -0.2) is 0 Å². The van der Waals surface area contributed by atoms with Gasteiger partial charge in [-0.05, 0) is 51.1 Å². The van der Waals surface area contributed by atoms with Gasteiger partial charge in [-0.2, -0.15) is 0 Å². The van der Waals surface area contributed by atoms with Crippen LogP contribution in [0.4, 0.5) is 0 Å². The van der Waals surface area contributed by atoms with Gasteiger partial charge in [0, 0.05) is 14.7 Å². The number of hydrogen-bond acceptors (Lipinski definition) is 6. The Kier molecular flexibility index (Phi) is 24.5. The van der Waals surface area contributed by atoms with Gasteiger partial charge in [0.05, 0.1) is 17.6 Å². The summed E-state index contributed by atoms with van der Waals surface area (Å²) < 4.78 is 22.0. The zero-order valence-electron chi connectivity index (χ0n) is 39.2. The van der Waals surface area contributed by atoms with Crippen molar-refractivity contribution in [3.63, 3.8) is 0 Å². The number of carbonyl (C=O) groups excluding carboxylic acids is 1. The van der Waals surface area contributed by atoms with Gasteiger partial charge in [-0.3, -0.25) is 4.79 Å². The number of hydrogen-bond donors (Lipinski definition) is 3.